The van der Waals surface area contributed by atoms with Crippen LogP contribution in [0.5, 0.6) is 0 Å². The number of ether oxygens (including phenoxy) is 1. The Balaban J connectivity index is 1.28. The highest BCUT2D eigenvalue weighted by Crippen LogP contribution is 2.39. The molecule has 0 radical (unpaired) electrons. The molecule has 1 aromatic heterocycles. The van der Waals surface area contributed by atoms with Crippen molar-refractivity contribution in [1.29, 1.82) is 0 Å². The fourth-order valence-electron chi connectivity index (χ4n) is 6.49. The average molecular weight is 553 g/mol. The molecule has 40 heavy (non-hydrogen) atoms. The van der Waals surface area contributed by atoms with Crippen LogP contribution in [0.15, 0.2) is 53.9 Å². The van der Waals surface area contributed by atoms with Crippen LogP contribution in [0, 0.1) is 17.6 Å². The highest BCUT2D eigenvalue weighted by atomic mass is 19.2. The SMILES string of the molecule is COC(=O)C1=C(C)NC(=O)C(C(=O)NC2CCN(C3CCC(c4ccccn4)CC3)C2)C1c1ccc(F)c(F)c1. The Morgan fingerprint density at radius 1 is 1.07 bits per heavy atom. The van der Waals surface area contributed by atoms with Gasteiger partial charge in [-0.15, -0.1) is 0 Å². The van der Waals surface area contributed by atoms with Gasteiger partial charge in [0, 0.05) is 54.6 Å². The molecule has 3 heterocycles. The topological polar surface area (TPSA) is 101 Å². The van der Waals surface area contributed by atoms with Crippen LogP contribution in [0.1, 0.15) is 62.1 Å². The number of likely N-dealkylation sites (tertiary alicyclic amines) is 1. The molecule has 1 aromatic carbocycles. The molecule has 2 aromatic rings. The van der Waals surface area contributed by atoms with E-state index in [2.05, 4.69) is 26.6 Å². The van der Waals surface area contributed by atoms with Crippen LogP contribution < -0.4 is 10.6 Å². The molecule has 3 atom stereocenters. The standard InChI is InChI=1S/C30H34F2N4O4/c1-17-25(30(39)40-2)26(19-8-11-22(31)23(32)15-19)27(28(37)34-17)29(38)35-20-12-14-36(16-20)21-9-6-18(7-10-21)24-5-3-4-13-33-24/h3-5,8,11,13,15,18,20-21,26-27H,6-7,9-10,12,14,16H2,1-2H3,(H,34,37)(H,35,38). The number of methoxy groups -OCH3 is 1. The van der Waals surface area contributed by atoms with E-state index in [-0.39, 0.29) is 22.9 Å². The zero-order valence-corrected chi connectivity index (χ0v) is 22.7. The highest BCUT2D eigenvalue weighted by molar-refractivity contribution is 6.07. The fraction of sp³-hybridized carbons (Fsp3) is 0.467. The molecule has 1 saturated heterocycles. The lowest BCUT2D eigenvalue weighted by Crippen LogP contribution is -2.51. The van der Waals surface area contributed by atoms with E-state index in [4.69, 9.17) is 4.74 Å². The first kappa shape index (κ1) is 27.9. The van der Waals surface area contributed by atoms with Crippen molar-refractivity contribution >= 4 is 17.8 Å². The number of hydrogen-bond donors (Lipinski definition) is 2. The van der Waals surface area contributed by atoms with Crippen molar-refractivity contribution in [1.82, 2.24) is 20.5 Å². The van der Waals surface area contributed by atoms with Crippen LogP contribution in [0.25, 0.3) is 0 Å². The van der Waals surface area contributed by atoms with Gasteiger partial charge in [-0.2, -0.15) is 0 Å². The monoisotopic (exact) mass is 552 g/mol. The third-order valence-electron chi connectivity index (χ3n) is 8.52. The first-order valence-corrected chi connectivity index (χ1v) is 13.8. The molecule has 2 fully saturated rings. The largest absolute Gasteiger partial charge is 0.466 e. The van der Waals surface area contributed by atoms with Crippen LogP contribution in [0.3, 0.4) is 0 Å². The smallest absolute Gasteiger partial charge is 0.336 e. The van der Waals surface area contributed by atoms with Crippen LogP contribution in [-0.2, 0) is 19.1 Å². The van der Waals surface area contributed by atoms with Crippen molar-refractivity contribution in [2.75, 3.05) is 20.2 Å². The Morgan fingerprint density at radius 3 is 2.52 bits per heavy atom. The van der Waals surface area contributed by atoms with Crippen molar-refractivity contribution in [2.45, 2.75) is 62.9 Å². The van der Waals surface area contributed by atoms with Gasteiger partial charge in [-0.3, -0.25) is 19.5 Å². The molecule has 2 aliphatic heterocycles. The van der Waals surface area contributed by atoms with Gasteiger partial charge in [0.1, 0.15) is 5.92 Å². The van der Waals surface area contributed by atoms with Gasteiger partial charge < -0.3 is 15.4 Å². The first-order valence-electron chi connectivity index (χ1n) is 13.8. The van der Waals surface area contributed by atoms with Gasteiger partial charge in [-0.05, 0) is 68.9 Å². The van der Waals surface area contributed by atoms with Gasteiger partial charge in [0.25, 0.3) is 0 Å². The summed E-state index contributed by atoms with van der Waals surface area (Å²) < 4.78 is 32.9. The average Bonchev–Trinajstić information content (AvgIpc) is 3.42. The molecular formula is C30H34F2N4O4. The van der Waals surface area contributed by atoms with Crippen LogP contribution in [0.4, 0.5) is 8.78 Å². The van der Waals surface area contributed by atoms with E-state index in [1.54, 1.807) is 0 Å². The van der Waals surface area contributed by atoms with Gasteiger partial charge in [0.2, 0.25) is 11.8 Å². The number of allylic oxidation sites excluding steroid dienone is 1. The van der Waals surface area contributed by atoms with Crippen LogP contribution >= 0.6 is 0 Å². The second-order valence-corrected chi connectivity index (χ2v) is 10.9. The minimum absolute atomic E-state index is 0.0333. The number of benzene rings is 1. The minimum atomic E-state index is -1.36. The summed E-state index contributed by atoms with van der Waals surface area (Å²) in [6.07, 6.45) is 6.80. The predicted octanol–water partition coefficient (Wildman–Crippen LogP) is 3.55. The molecule has 10 heteroatoms. The summed E-state index contributed by atoms with van der Waals surface area (Å²) in [5.74, 6) is -6.14. The molecule has 0 bridgehead atoms. The number of esters is 1. The summed E-state index contributed by atoms with van der Waals surface area (Å²) >= 11 is 0. The van der Waals surface area contributed by atoms with E-state index in [9.17, 15) is 23.2 Å². The van der Waals surface area contributed by atoms with Gasteiger partial charge in [0.15, 0.2) is 11.6 Å². The molecule has 5 rings (SSSR count). The number of halogens is 2. The van der Waals surface area contributed by atoms with Gasteiger partial charge in [0.05, 0.1) is 12.7 Å². The number of pyridine rings is 1. The Morgan fingerprint density at radius 2 is 1.85 bits per heavy atom. The van der Waals surface area contributed by atoms with Crippen LogP contribution in [0.2, 0.25) is 0 Å². The lowest BCUT2D eigenvalue weighted by atomic mass is 9.76. The zero-order valence-electron chi connectivity index (χ0n) is 22.7. The fourth-order valence-corrected chi connectivity index (χ4v) is 6.49. The Bertz CT molecular complexity index is 1310. The Labute approximate surface area is 232 Å². The molecule has 2 amide bonds. The number of nitrogens with one attached hydrogen (secondary N) is 2. The number of hydrogen-bond acceptors (Lipinski definition) is 6. The molecule has 3 aliphatic rings. The molecule has 3 unspecified atom stereocenters. The Hall–Kier alpha value is -3.66. The van der Waals surface area contributed by atoms with Gasteiger partial charge in [-0.25, -0.2) is 13.6 Å². The van der Waals surface area contributed by atoms with Gasteiger partial charge in [-0.1, -0.05) is 12.1 Å². The third-order valence-corrected chi connectivity index (χ3v) is 8.52. The maximum Gasteiger partial charge on any atom is 0.336 e. The van der Waals surface area contributed by atoms with Crippen molar-refractivity contribution in [3.63, 3.8) is 0 Å². The maximum absolute atomic E-state index is 14.2. The third kappa shape index (κ3) is 5.63. The van der Waals surface area contributed by atoms with Crippen molar-refractivity contribution in [3.05, 3.63) is 76.8 Å². The van der Waals surface area contributed by atoms with Crippen LogP contribution in [-0.4, -0.2) is 60.0 Å². The molecule has 8 nitrogen and oxygen atoms in total. The summed E-state index contributed by atoms with van der Waals surface area (Å²) in [6.45, 7) is 3.01. The summed E-state index contributed by atoms with van der Waals surface area (Å²) in [7, 11) is 1.19. The second kappa shape index (κ2) is 11.8. The van der Waals surface area contributed by atoms with E-state index in [0.717, 1.165) is 56.5 Å². The Kier molecular flexibility index (Phi) is 8.25. The quantitative estimate of drug-likeness (QED) is 0.420. The zero-order chi connectivity index (χ0) is 28.4. The predicted molar refractivity (Wildman–Crippen MR) is 143 cm³/mol. The van der Waals surface area contributed by atoms with E-state index in [1.165, 1.54) is 20.1 Å². The normalized spacial score (nSPS) is 27.3. The van der Waals surface area contributed by atoms with E-state index in [0.29, 0.717) is 18.5 Å². The number of aromatic nitrogens is 1. The summed E-state index contributed by atoms with van der Waals surface area (Å²) in [6, 6.07) is 9.43. The van der Waals surface area contributed by atoms with E-state index in [1.807, 2.05) is 18.3 Å². The van der Waals surface area contributed by atoms with Crippen molar-refractivity contribution in [3.8, 4) is 0 Å². The minimum Gasteiger partial charge on any atom is -0.466 e. The number of amides is 2. The molecular weight excluding hydrogens is 518 g/mol. The van der Waals surface area contributed by atoms with Crippen molar-refractivity contribution < 1.29 is 27.9 Å². The summed E-state index contributed by atoms with van der Waals surface area (Å²) in [4.78, 5) is 46.4. The van der Waals surface area contributed by atoms with Crippen molar-refractivity contribution in [2.24, 2.45) is 5.92 Å². The number of carbonyl (C=O) groups is 3. The van der Waals surface area contributed by atoms with Gasteiger partial charge >= 0.3 is 5.97 Å². The maximum atomic E-state index is 14.2. The summed E-state index contributed by atoms with van der Waals surface area (Å²) in [5, 5.41) is 5.61. The molecule has 1 aliphatic carbocycles. The first-order chi connectivity index (χ1) is 19.3. The second-order valence-electron chi connectivity index (χ2n) is 10.9. The number of carbonyl (C=O) groups excluding carboxylic acids is 3. The van der Waals surface area contributed by atoms with E-state index < -0.39 is 41.3 Å². The van der Waals surface area contributed by atoms with E-state index >= 15 is 0 Å². The number of nitrogens with zero attached hydrogens (tertiary/aromatic N) is 2. The molecule has 212 valence electrons. The lowest BCUT2D eigenvalue weighted by Gasteiger charge is -2.35. The summed E-state index contributed by atoms with van der Waals surface area (Å²) in [5.41, 5.74) is 1.53. The molecule has 2 N–H and O–H groups in total. The number of rotatable bonds is 6. The lowest BCUT2D eigenvalue weighted by molar-refractivity contribution is -0.139. The molecule has 1 saturated carbocycles. The molecule has 0 spiro atoms. The highest BCUT2D eigenvalue weighted by Gasteiger charge is 2.46.